The van der Waals surface area contributed by atoms with E-state index in [0.717, 1.165) is 36.1 Å². The second-order valence-electron chi connectivity index (χ2n) is 6.93. The average molecular weight is 364 g/mol. The summed E-state index contributed by atoms with van der Waals surface area (Å²) in [7, 11) is 0. The van der Waals surface area contributed by atoms with Crippen LogP contribution in [0.25, 0.3) is 11.3 Å². The van der Waals surface area contributed by atoms with Gasteiger partial charge in [0.25, 0.3) is 5.91 Å². The van der Waals surface area contributed by atoms with Crippen LogP contribution in [0.2, 0.25) is 0 Å². The summed E-state index contributed by atoms with van der Waals surface area (Å²) in [5, 5.41) is 7.09. The van der Waals surface area contributed by atoms with E-state index in [9.17, 15) is 9.18 Å². The molecule has 1 aliphatic heterocycles. The minimum atomic E-state index is -0.142. The maximum absolute atomic E-state index is 13.8. The molecule has 1 fully saturated rings. The number of carbonyl (C=O) groups excluding carboxylic acids is 1. The number of likely N-dealkylation sites (tertiary alicyclic amines) is 1. The molecule has 0 spiro atoms. The summed E-state index contributed by atoms with van der Waals surface area (Å²) in [5.41, 5.74) is 2.91. The zero-order chi connectivity index (χ0) is 18.6. The van der Waals surface area contributed by atoms with Gasteiger partial charge in [0, 0.05) is 31.0 Å². The fourth-order valence-electron chi connectivity index (χ4n) is 3.59. The Kier molecular flexibility index (Phi) is 4.96. The Morgan fingerprint density at radius 1 is 1.15 bits per heavy atom. The number of halogens is 1. The predicted molar refractivity (Wildman–Crippen MR) is 101 cm³/mol. The zero-order valence-electron chi connectivity index (χ0n) is 14.9. The summed E-state index contributed by atoms with van der Waals surface area (Å²) in [5.74, 6) is 0.226. The lowest BCUT2D eigenvalue weighted by Gasteiger charge is -2.31. The quantitative estimate of drug-likeness (QED) is 0.768. The molecule has 1 N–H and O–H groups in total. The van der Waals surface area contributed by atoms with Crippen LogP contribution < -0.4 is 0 Å². The summed E-state index contributed by atoms with van der Waals surface area (Å²) in [6.45, 7) is 1.36. The molecule has 138 valence electrons. The Morgan fingerprint density at radius 3 is 2.63 bits per heavy atom. The van der Waals surface area contributed by atoms with Crippen molar-refractivity contribution in [3.63, 3.8) is 0 Å². The fraction of sp³-hybridized carbons (Fsp3) is 0.286. The molecule has 1 saturated heterocycles. The number of aromatic nitrogens is 3. The zero-order valence-corrected chi connectivity index (χ0v) is 14.9. The van der Waals surface area contributed by atoms with Crippen molar-refractivity contribution in [2.45, 2.75) is 19.3 Å². The number of aromatic amines is 1. The molecular weight excluding hydrogens is 343 g/mol. The topological polar surface area (TPSA) is 61.9 Å². The van der Waals surface area contributed by atoms with E-state index in [2.05, 4.69) is 15.2 Å². The van der Waals surface area contributed by atoms with E-state index < -0.39 is 0 Å². The van der Waals surface area contributed by atoms with Gasteiger partial charge in [0.15, 0.2) is 0 Å². The lowest BCUT2D eigenvalue weighted by Crippen LogP contribution is -2.39. The van der Waals surface area contributed by atoms with Crippen molar-refractivity contribution < 1.29 is 9.18 Å². The van der Waals surface area contributed by atoms with Gasteiger partial charge in [-0.15, -0.1) is 0 Å². The normalized spacial score (nSPS) is 15.1. The first-order valence-electron chi connectivity index (χ1n) is 9.19. The highest BCUT2D eigenvalue weighted by molar-refractivity contribution is 5.93. The molecule has 0 atom stereocenters. The molecule has 0 radical (unpaired) electrons. The van der Waals surface area contributed by atoms with Crippen molar-refractivity contribution in [2.75, 3.05) is 13.1 Å². The lowest BCUT2D eigenvalue weighted by atomic mass is 9.90. The molecule has 27 heavy (non-hydrogen) atoms. The molecule has 3 aromatic rings. The molecule has 3 heterocycles. The number of rotatable bonds is 4. The van der Waals surface area contributed by atoms with E-state index in [1.54, 1.807) is 24.5 Å². The molecule has 4 rings (SSSR count). The van der Waals surface area contributed by atoms with Crippen LogP contribution in [-0.4, -0.2) is 39.1 Å². The summed E-state index contributed by atoms with van der Waals surface area (Å²) in [6, 6.07) is 12.4. The number of nitrogens with zero attached hydrogens (tertiary/aromatic N) is 3. The van der Waals surface area contributed by atoms with Crippen molar-refractivity contribution in [3.05, 3.63) is 71.9 Å². The number of amides is 1. The van der Waals surface area contributed by atoms with Gasteiger partial charge >= 0.3 is 0 Å². The molecule has 0 aliphatic carbocycles. The maximum Gasteiger partial charge on any atom is 0.271 e. The summed E-state index contributed by atoms with van der Waals surface area (Å²) in [4.78, 5) is 18.6. The monoisotopic (exact) mass is 364 g/mol. The number of hydrogen-bond acceptors (Lipinski definition) is 3. The van der Waals surface area contributed by atoms with Gasteiger partial charge in [-0.25, -0.2) is 4.39 Å². The standard InChI is InChI=1S/C21H21FN4O/c22-18-4-2-1-3-17(18)13-15-7-11-26(12-8-15)21(27)20-14-19(24-25-20)16-5-9-23-10-6-16/h1-6,9-10,14-15H,7-8,11-13H2,(H,24,25). The Labute approximate surface area is 157 Å². The third-order valence-electron chi connectivity index (χ3n) is 5.15. The number of hydrogen-bond donors (Lipinski definition) is 1. The van der Waals surface area contributed by atoms with Gasteiger partial charge in [-0.05, 0) is 55.0 Å². The van der Waals surface area contributed by atoms with E-state index in [-0.39, 0.29) is 11.7 Å². The molecule has 0 saturated carbocycles. The highest BCUT2D eigenvalue weighted by Crippen LogP contribution is 2.24. The highest BCUT2D eigenvalue weighted by Gasteiger charge is 2.25. The predicted octanol–water partition coefficient (Wildman–Crippen LogP) is 3.71. The van der Waals surface area contributed by atoms with Crippen LogP contribution >= 0.6 is 0 Å². The third kappa shape index (κ3) is 3.89. The smallest absolute Gasteiger partial charge is 0.271 e. The summed E-state index contributed by atoms with van der Waals surface area (Å²) in [6.07, 6.45) is 5.89. The van der Waals surface area contributed by atoms with E-state index >= 15 is 0 Å². The van der Waals surface area contributed by atoms with Gasteiger partial charge in [-0.1, -0.05) is 18.2 Å². The first kappa shape index (κ1) is 17.4. The molecule has 0 bridgehead atoms. The highest BCUT2D eigenvalue weighted by atomic mass is 19.1. The van der Waals surface area contributed by atoms with Crippen LogP contribution in [0.15, 0.2) is 54.9 Å². The van der Waals surface area contributed by atoms with Crippen LogP contribution in [-0.2, 0) is 6.42 Å². The number of nitrogens with one attached hydrogen (secondary N) is 1. The van der Waals surface area contributed by atoms with Gasteiger partial charge in [-0.3, -0.25) is 14.9 Å². The molecule has 1 aliphatic rings. The van der Waals surface area contributed by atoms with E-state index in [4.69, 9.17) is 0 Å². The van der Waals surface area contributed by atoms with E-state index in [1.165, 1.54) is 6.07 Å². The minimum absolute atomic E-state index is 0.0350. The van der Waals surface area contributed by atoms with Crippen LogP contribution in [0.3, 0.4) is 0 Å². The maximum atomic E-state index is 13.8. The molecule has 2 aromatic heterocycles. The Hall–Kier alpha value is -3.02. The van der Waals surface area contributed by atoms with Crippen molar-refractivity contribution in [1.29, 1.82) is 0 Å². The van der Waals surface area contributed by atoms with E-state index in [1.807, 2.05) is 29.2 Å². The van der Waals surface area contributed by atoms with Crippen LogP contribution in [0.4, 0.5) is 4.39 Å². The molecule has 1 amide bonds. The Bertz CT molecular complexity index is 917. The van der Waals surface area contributed by atoms with Crippen molar-refractivity contribution in [3.8, 4) is 11.3 Å². The Balaban J connectivity index is 1.36. The summed E-state index contributed by atoms with van der Waals surface area (Å²) < 4.78 is 13.8. The van der Waals surface area contributed by atoms with Gasteiger partial charge in [0.2, 0.25) is 0 Å². The van der Waals surface area contributed by atoms with Crippen molar-refractivity contribution in [1.82, 2.24) is 20.1 Å². The first-order valence-corrected chi connectivity index (χ1v) is 9.19. The third-order valence-corrected chi connectivity index (χ3v) is 5.15. The Morgan fingerprint density at radius 2 is 1.89 bits per heavy atom. The van der Waals surface area contributed by atoms with Crippen molar-refractivity contribution in [2.24, 2.45) is 5.92 Å². The van der Waals surface area contributed by atoms with Crippen LogP contribution in [0, 0.1) is 11.7 Å². The minimum Gasteiger partial charge on any atom is -0.337 e. The lowest BCUT2D eigenvalue weighted by molar-refractivity contribution is 0.0684. The van der Waals surface area contributed by atoms with Crippen LogP contribution in [0.5, 0.6) is 0 Å². The first-order chi connectivity index (χ1) is 13.2. The van der Waals surface area contributed by atoms with Gasteiger partial charge in [-0.2, -0.15) is 5.10 Å². The molecule has 6 heteroatoms. The number of benzene rings is 1. The summed E-state index contributed by atoms with van der Waals surface area (Å²) >= 11 is 0. The second kappa shape index (κ2) is 7.70. The van der Waals surface area contributed by atoms with E-state index in [0.29, 0.717) is 24.7 Å². The average Bonchev–Trinajstić information content (AvgIpc) is 3.21. The SMILES string of the molecule is O=C(c1cc(-c2ccncc2)n[nH]1)N1CCC(Cc2ccccc2F)CC1. The molecule has 1 aromatic carbocycles. The molecule has 0 unspecified atom stereocenters. The van der Waals surface area contributed by atoms with Crippen LogP contribution in [0.1, 0.15) is 28.9 Å². The van der Waals surface area contributed by atoms with Gasteiger partial charge in [0.1, 0.15) is 11.5 Å². The molecule has 5 nitrogen and oxygen atoms in total. The number of piperidine rings is 1. The van der Waals surface area contributed by atoms with Gasteiger partial charge < -0.3 is 4.90 Å². The fourth-order valence-corrected chi connectivity index (χ4v) is 3.59. The number of pyridine rings is 1. The number of carbonyl (C=O) groups is 1. The molecular formula is C21H21FN4O. The largest absolute Gasteiger partial charge is 0.337 e. The van der Waals surface area contributed by atoms with Gasteiger partial charge in [0.05, 0.1) is 5.69 Å². The second-order valence-corrected chi connectivity index (χ2v) is 6.93. The number of H-pyrrole nitrogens is 1. The van der Waals surface area contributed by atoms with Crippen molar-refractivity contribution >= 4 is 5.91 Å².